The molecule has 0 atom stereocenters. The standard InChI is InChI=1S/C8H9F.C5H12.C3H6.2C2H6/c1-6-3-4-8(9)7(2)5-6;1-3-5-4-2;1-3-2;2*1-2/h3-5H,1-2H3;3-5H2,1-2H3;3H,1H2,2H3;2*1-2H3. The molecule has 0 spiro atoms. The van der Waals surface area contributed by atoms with Crippen molar-refractivity contribution in [3.05, 3.63) is 47.8 Å². The molecular weight excluding hydrogens is 259 g/mol. The average Bonchev–Trinajstić information content (AvgIpc) is 2.50. The molecule has 0 saturated carbocycles. The minimum absolute atomic E-state index is 0.124. The first-order valence-corrected chi connectivity index (χ1v) is 8.33. The Morgan fingerprint density at radius 3 is 1.57 bits per heavy atom. The normalized spacial score (nSPS) is 7.33. The summed E-state index contributed by atoms with van der Waals surface area (Å²) in [6.45, 7) is 21.4. The highest BCUT2D eigenvalue weighted by Gasteiger charge is 1.93. The van der Waals surface area contributed by atoms with Crippen molar-refractivity contribution in [3.63, 3.8) is 0 Å². The van der Waals surface area contributed by atoms with Crippen molar-refractivity contribution in [3.8, 4) is 0 Å². The predicted octanol–water partition coefficient (Wildman–Crippen LogP) is 7.88. The number of allylic oxidation sites excluding steroid dienone is 1. The van der Waals surface area contributed by atoms with E-state index in [4.69, 9.17) is 0 Å². The van der Waals surface area contributed by atoms with Gasteiger partial charge in [-0.15, -0.1) is 6.58 Å². The van der Waals surface area contributed by atoms with Crippen LogP contribution in [0.25, 0.3) is 0 Å². The summed E-state index contributed by atoms with van der Waals surface area (Å²) in [6, 6.07) is 5.09. The highest BCUT2D eigenvalue weighted by Crippen LogP contribution is 2.06. The van der Waals surface area contributed by atoms with Gasteiger partial charge < -0.3 is 0 Å². The molecular formula is C20H39F. The maximum absolute atomic E-state index is 12.5. The summed E-state index contributed by atoms with van der Waals surface area (Å²) in [4.78, 5) is 0. The summed E-state index contributed by atoms with van der Waals surface area (Å²) in [5.74, 6) is -0.124. The van der Waals surface area contributed by atoms with E-state index in [0.717, 1.165) is 11.1 Å². The lowest BCUT2D eigenvalue weighted by molar-refractivity contribution is 0.618. The molecule has 0 radical (unpaired) electrons. The largest absolute Gasteiger partial charge is 0.207 e. The quantitative estimate of drug-likeness (QED) is 0.487. The summed E-state index contributed by atoms with van der Waals surface area (Å²) >= 11 is 0. The van der Waals surface area contributed by atoms with Gasteiger partial charge in [-0.2, -0.15) is 0 Å². The second-order valence-electron chi connectivity index (χ2n) is 4.01. The van der Waals surface area contributed by atoms with Crippen LogP contribution in [0.15, 0.2) is 30.9 Å². The molecule has 0 saturated heterocycles. The van der Waals surface area contributed by atoms with Gasteiger partial charge >= 0.3 is 0 Å². The second kappa shape index (κ2) is 27.3. The molecule has 0 aliphatic rings. The minimum atomic E-state index is -0.124. The summed E-state index contributed by atoms with van der Waals surface area (Å²) < 4.78 is 12.5. The van der Waals surface area contributed by atoms with Crippen molar-refractivity contribution < 1.29 is 4.39 Å². The van der Waals surface area contributed by atoms with Gasteiger partial charge in [0.05, 0.1) is 0 Å². The third-order valence-electron chi connectivity index (χ3n) is 2.02. The Morgan fingerprint density at radius 2 is 1.38 bits per heavy atom. The Morgan fingerprint density at radius 1 is 1.00 bits per heavy atom. The van der Waals surface area contributed by atoms with E-state index in [1.807, 2.05) is 47.6 Å². The lowest BCUT2D eigenvalue weighted by Gasteiger charge is -1.95. The predicted molar refractivity (Wildman–Crippen MR) is 99.6 cm³/mol. The van der Waals surface area contributed by atoms with Gasteiger partial charge in [-0.05, 0) is 32.4 Å². The van der Waals surface area contributed by atoms with E-state index >= 15 is 0 Å². The van der Waals surface area contributed by atoms with E-state index in [1.54, 1.807) is 19.1 Å². The summed E-state index contributed by atoms with van der Waals surface area (Å²) in [5.41, 5.74) is 1.82. The fraction of sp³-hybridized carbons (Fsp3) is 0.600. The molecule has 0 unspecified atom stereocenters. The number of rotatable bonds is 2. The molecule has 0 aliphatic heterocycles. The van der Waals surface area contributed by atoms with E-state index in [9.17, 15) is 4.39 Å². The molecule has 0 heterocycles. The Labute approximate surface area is 134 Å². The van der Waals surface area contributed by atoms with Gasteiger partial charge in [0.1, 0.15) is 5.82 Å². The van der Waals surface area contributed by atoms with Gasteiger partial charge in [0.2, 0.25) is 0 Å². The van der Waals surface area contributed by atoms with Crippen LogP contribution in [-0.4, -0.2) is 0 Å². The lowest BCUT2D eigenvalue weighted by atomic mass is 10.1. The first-order chi connectivity index (χ1) is 10.0. The topological polar surface area (TPSA) is 0 Å². The van der Waals surface area contributed by atoms with Gasteiger partial charge in [0.15, 0.2) is 0 Å². The second-order valence-corrected chi connectivity index (χ2v) is 4.01. The van der Waals surface area contributed by atoms with Gasteiger partial charge in [0, 0.05) is 0 Å². The first-order valence-electron chi connectivity index (χ1n) is 8.33. The zero-order valence-electron chi connectivity index (χ0n) is 16.0. The van der Waals surface area contributed by atoms with Crippen molar-refractivity contribution in [2.75, 3.05) is 0 Å². The Bertz CT molecular complexity index is 288. The van der Waals surface area contributed by atoms with Crippen molar-refractivity contribution >= 4 is 0 Å². The third-order valence-corrected chi connectivity index (χ3v) is 2.02. The SMILES string of the molecule is C=CC.CC.CC.CCCCC.Cc1ccc(F)c(C)c1. The number of benzene rings is 1. The maximum Gasteiger partial charge on any atom is 0.126 e. The Balaban J connectivity index is -0.000000103. The molecule has 1 rings (SSSR count). The number of unbranched alkanes of at least 4 members (excludes halogenated alkanes) is 2. The van der Waals surface area contributed by atoms with Crippen molar-refractivity contribution in [1.82, 2.24) is 0 Å². The van der Waals surface area contributed by atoms with E-state index in [0.29, 0.717) is 0 Å². The van der Waals surface area contributed by atoms with E-state index < -0.39 is 0 Å². The molecule has 0 aliphatic carbocycles. The molecule has 0 fully saturated rings. The van der Waals surface area contributed by atoms with E-state index in [1.165, 1.54) is 25.3 Å². The molecule has 1 aromatic carbocycles. The van der Waals surface area contributed by atoms with Gasteiger partial charge in [-0.3, -0.25) is 0 Å². The van der Waals surface area contributed by atoms with E-state index in [2.05, 4.69) is 20.4 Å². The van der Waals surface area contributed by atoms with Gasteiger partial charge in [-0.25, -0.2) is 4.39 Å². The summed E-state index contributed by atoms with van der Waals surface area (Å²) in [7, 11) is 0. The van der Waals surface area contributed by atoms with Gasteiger partial charge in [-0.1, -0.05) is 84.6 Å². The first kappa shape index (κ1) is 28.1. The zero-order chi connectivity index (χ0) is 17.7. The van der Waals surface area contributed by atoms with Crippen LogP contribution in [0, 0.1) is 19.7 Å². The molecule has 1 aromatic rings. The fourth-order valence-electron chi connectivity index (χ4n) is 1.15. The Hall–Kier alpha value is -1.11. The van der Waals surface area contributed by atoms with Crippen LogP contribution in [0.4, 0.5) is 4.39 Å². The van der Waals surface area contributed by atoms with Crippen molar-refractivity contribution in [2.45, 2.75) is 81.6 Å². The molecule has 126 valence electrons. The van der Waals surface area contributed by atoms with Crippen LogP contribution in [0.1, 0.15) is 78.9 Å². The number of hydrogen-bond donors (Lipinski definition) is 0. The highest BCUT2D eigenvalue weighted by molar-refractivity contribution is 5.22. The number of halogens is 1. The van der Waals surface area contributed by atoms with Gasteiger partial charge in [0.25, 0.3) is 0 Å². The summed E-state index contributed by atoms with van der Waals surface area (Å²) in [6.07, 6.45) is 5.83. The Kier molecular flexibility index (Phi) is 36.5. The lowest BCUT2D eigenvalue weighted by Crippen LogP contribution is -1.81. The molecule has 0 amide bonds. The van der Waals surface area contributed by atoms with E-state index in [-0.39, 0.29) is 5.82 Å². The van der Waals surface area contributed by atoms with Crippen LogP contribution in [0.3, 0.4) is 0 Å². The monoisotopic (exact) mass is 298 g/mol. The molecule has 0 N–H and O–H groups in total. The smallest absolute Gasteiger partial charge is 0.126 e. The molecule has 0 aromatic heterocycles. The minimum Gasteiger partial charge on any atom is -0.207 e. The van der Waals surface area contributed by atoms with Crippen LogP contribution < -0.4 is 0 Å². The van der Waals surface area contributed by atoms with Crippen LogP contribution in [-0.2, 0) is 0 Å². The molecule has 0 nitrogen and oxygen atoms in total. The number of hydrogen-bond acceptors (Lipinski definition) is 0. The third kappa shape index (κ3) is 27.9. The molecule has 1 heteroatoms. The maximum atomic E-state index is 12.5. The average molecular weight is 299 g/mol. The molecule has 0 bridgehead atoms. The van der Waals surface area contributed by atoms with Crippen LogP contribution in [0.5, 0.6) is 0 Å². The number of aryl methyl sites for hydroxylation is 2. The summed E-state index contributed by atoms with van der Waals surface area (Å²) in [5, 5.41) is 0. The molecule has 21 heavy (non-hydrogen) atoms. The van der Waals surface area contributed by atoms with Crippen LogP contribution >= 0.6 is 0 Å². The van der Waals surface area contributed by atoms with Crippen molar-refractivity contribution in [2.24, 2.45) is 0 Å². The fourth-order valence-corrected chi connectivity index (χ4v) is 1.15. The highest BCUT2D eigenvalue weighted by atomic mass is 19.1. The van der Waals surface area contributed by atoms with Crippen molar-refractivity contribution in [1.29, 1.82) is 0 Å². The zero-order valence-corrected chi connectivity index (χ0v) is 16.0. The van der Waals surface area contributed by atoms with Crippen LogP contribution in [0.2, 0.25) is 0 Å².